The van der Waals surface area contributed by atoms with Gasteiger partial charge in [0.1, 0.15) is 0 Å². The average molecular weight is 294 g/mol. The van der Waals surface area contributed by atoms with Crippen molar-refractivity contribution in [2.45, 2.75) is 19.3 Å². The lowest BCUT2D eigenvalue weighted by Crippen LogP contribution is -2.35. The van der Waals surface area contributed by atoms with Gasteiger partial charge in [0.05, 0.1) is 6.61 Å². The maximum Gasteiger partial charge on any atom is 0.222 e. The van der Waals surface area contributed by atoms with E-state index in [1.807, 2.05) is 29.2 Å². The Morgan fingerprint density at radius 3 is 2.52 bits per heavy atom. The molecule has 1 aromatic rings. The number of methoxy groups -OCH3 is 2. The number of nitrogens with two attached hydrogens (primary N) is 1. The Kier molecular flexibility index (Phi) is 8.47. The van der Waals surface area contributed by atoms with E-state index in [2.05, 4.69) is 0 Å². The highest BCUT2D eigenvalue weighted by Crippen LogP contribution is 2.13. The molecule has 0 aliphatic carbocycles. The first-order valence-corrected chi connectivity index (χ1v) is 7.28. The fraction of sp³-hybridized carbons (Fsp3) is 0.562. The van der Waals surface area contributed by atoms with E-state index in [0.29, 0.717) is 39.1 Å². The summed E-state index contributed by atoms with van der Waals surface area (Å²) in [6.45, 7) is 2.51. The molecule has 0 aliphatic heterocycles. The summed E-state index contributed by atoms with van der Waals surface area (Å²) in [4.78, 5) is 14.2. The minimum absolute atomic E-state index is 0.131. The van der Waals surface area contributed by atoms with Crippen LogP contribution in [0.3, 0.4) is 0 Å². The molecule has 118 valence electrons. The number of amides is 1. The molecule has 2 N–H and O–H groups in total. The molecule has 21 heavy (non-hydrogen) atoms. The maximum absolute atomic E-state index is 12.3. The van der Waals surface area contributed by atoms with Crippen LogP contribution in [0, 0.1) is 0 Å². The molecule has 0 spiro atoms. The molecule has 0 saturated carbocycles. The predicted octanol–water partition coefficient (Wildman–Crippen LogP) is 1.71. The number of hydrogen-bond donors (Lipinski definition) is 1. The Bertz CT molecular complexity index is 424. The van der Waals surface area contributed by atoms with Crippen molar-refractivity contribution in [3.05, 3.63) is 29.8 Å². The number of nitrogen functional groups attached to an aromatic ring is 1. The first-order chi connectivity index (χ1) is 10.2. The SMILES string of the molecule is COCCCN(CCOC)C(=O)CCc1ccccc1N. The van der Waals surface area contributed by atoms with Gasteiger partial charge < -0.3 is 20.1 Å². The van der Waals surface area contributed by atoms with Gasteiger partial charge in [-0.3, -0.25) is 4.79 Å². The number of nitrogens with zero attached hydrogens (tertiary/aromatic N) is 1. The van der Waals surface area contributed by atoms with Gasteiger partial charge in [0.15, 0.2) is 0 Å². The molecule has 0 saturated heterocycles. The Labute approximate surface area is 127 Å². The molecule has 5 nitrogen and oxygen atoms in total. The van der Waals surface area contributed by atoms with Gasteiger partial charge in [-0.05, 0) is 24.5 Å². The van der Waals surface area contributed by atoms with Gasteiger partial charge in [-0.1, -0.05) is 18.2 Å². The van der Waals surface area contributed by atoms with Crippen LogP contribution in [0.15, 0.2) is 24.3 Å². The van der Waals surface area contributed by atoms with Crippen molar-refractivity contribution in [3.63, 3.8) is 0 Å². The van der Waals surface area contributed by atoms with E-state index >= 15 is 0 Å². The number of para-hydroxylation sites is 1. The van der Waals surface area contributed by atoms with Gasteiger partial charge in [-0.2, -0.15) is 0 Å². The molecule has 1 aromatic carbocycles. The summed E-state index contributed by atoms with van der Waals surface area (Å²) in [5.41, 5.74) is 7.67. The minimum Gasteiger partial charge on any atom is -0.399 e. The summed E-state index contributed by atoms with van der Waals surface area (Å²) in [5.74, 6) is 0.131. The largest absolute Gasteiger partial charge is 0.399 e. The predicted molar refractivity (Wildman–Crippen MR) is 84.1 cm³/mol. The Hall–Kier alpha value is -1.59. The molecule has 0 atom stereocenters. The highest BCUT2D eigenvalue weighted by molar-refractivity contribution is 5.76. The minimum atomic E-state index is 0.131. The molecule has 1 amide bonds. The van der Waals surface area contributed by atoms with Crippen LogP contribution in [0.2, 0.25) is 0 Å². The molecule has 5 heteroatoms. The Balaban J connectivity index is 2.48. The third kappa shape index (κ3) is 6.60. The summed E-state index contributed by atoms with van der Waals surface area (Å²) in [6, 6.07) is 7.67. The molecule has 1 rings (SSSR count). The smallest absolute Gasteiger partial charge is 0.222 e. The van der Waals surface area contributed by atoms with Crippen LogP contribution in [-0.2, 0) is 20.7 Å². The van der Waals surface area contributed by atoms with Crippen LogP contribution >= 0.6 is 0 Å². The highest BCUT2D eigenvalue weighted by Gasteiger charge is 2.13. The molecular weight excluding hydrogens is 268 g/mol. The summed E-state index contributed by atoms with van der Waals surface area (Å²) < 4.78 is 10.1. The molecule has 0 bridgehead atoms. The summed E-state index contributed by atoms with van der Waals surface area (Å²) >= 11 is 0. The van der Waals surface area contributed by atoms with E-state index in [4.69, 9.17) is 15.2 Å². The quantitative estimate of drug-likeness (QED) is 0.527. The molecular formula is C16H26N2O3. The van der Waals surface area contributed by atoms with Crippen molar-refractivity contribution < 1.29 is 14.3 Å². The van der Waals surface area contributed by atoms with Gasteiger partial charge >= 0.3 is 0 Å². The summed E-state index contributed by atoms with van der Waals surface area (Å²) in [6.07, 6.45) is 1.96. The number of carbonyl (C=O) groups is 1. The topological polar surface area (TPSA) is 64.8 Å². The van der Waals surface area contributed by atoms with Gasteiger partial charge in [0.2, 0.25) is 5.91 Å². The molecule has 0 aliphatic rings. The van der Waals surface area contributed by atoms with Crippen molar-refractivity contribution in [1.29, 1.82) is 0 Å². The number of aryl methyl sites for hydroxylation is 1. The number of carbonyl (C=O) groups excluding carboxylic acids is 1. The van der Waals surface area contributed by atoms with E-state index in [9.17, 15) is 4.79 Å². The number of benzene rings is 1. The lowest BCUT2D eigenvalue weighted by molar-refractivity contribution is -0.132. The second kappa shape index (κ2) is 10.2. The third-order valence-electron chi connectivity index (χ3n) is 3.36. The molecule has 0 radical (unpaired) electrons. The van der Waals surface area contributed by atoms with Crippen molar-refractivity contribution in [2.75, 3.05) is 46.3 Å². The van der Waals surface area contributed by atoms with E-state index < -0.39 is 0 Å². The Morgan fingerprint density at radius 2 is 1.86 bits per heavy atom. The van der Waals surface area contributed by atoms with Crippen LogP contribution in [0.5, 0.6) is 0 Å². The normalized spacial score (nSPS) is 10.6. The number of rotatable bonds is 10. The van der Waals surface area contributed by atoms with Crippen LogP contribution < -0.4 is 5.73 Å². The van der Waals surface area contributed by atoms with Gasteiger partial charge in [-0.25, -0.2) is 0 Å². The number of ether oxygens (including phenoxy) is 2. The molecule has 0 fully saturated rings. The number of anilines is 1. The fourth-order valence-corrected chi connectivity index (χ4v) is 2.12. The van der Waals surface area contributed by atoms with Crippen molar-refractivity contribution in [1.82, 2.24) is 4.90 Å². The van der Waals surface area contributed by atoms with Crippen LogP contribution in [0.4, 0.5) is 5.69 Å². The lowest BCUT2D eigenvalue weighted by Gasteiger charge is -2.22. The lowest BCUT2D eigenvalue weighted by atomic mass is 10.1. The fourth-order valence-electron chi connectivity index (χ4n) is 2.12. The zero-order valence-corrected chi connectivity index (χ0v) is 13.0. The third-order valence-corrected chi connectivity index (χ3v) is 3.36. The molecule has 0 aromatic heterocycles. The van der Waals surface area contributed by atoms with Crippen molar-refractivity contribution >= 4 is 11.6 Å². The average Bonchev–Trinajstić information content (AvgIpc) is 2.49. The Morgan fingerprint density at radius 1 is 1.14 bits per heavy atom. The first-order valence-electron chi connectivity index (χ1n) is 7.28. The van der Waals surface area contributed by atoms with Crippen LogP contribution in [0.25, 0.3) is 0 Å². The number of hydrogen-bond acceptors (Lipinski definition) is 4. The summed E-state index contributed by atoms with van der Waals surface area (Å²) in [5, 5.41) is 0. The van der Waals surface area contributed by atoms with Gasteiger partial charge in [0.25, 0.3) is 0 Å². The van der Waals surface area contributed by atoms with Crippen molar-refractivity contribution in [3.8, 4) is 0 Å². The van der Waals surface area contributed by atoms with Gasteiger partial charge in [0, 0.05) is 46.0 Å². The zero-order chi connectivity index (χ0) is 15.5. The zero-order valence-electron chi connectivity index (χ0n) is 13.0. The molecule has 0 unspecified atom stereocenters. The molecule has 0 heterocycles. The van der Waals surface area contributed by atoms with Crippen LogP contribution in [0.1, 0.15) is 18.4 Å². The second-order valence-electron chi connectivity index (χ2n) is 4.92. The van der Waals surface area contributed by atoms with E-state index in [1.165, 1.54) is 0 Å². The van der Waals surface area contributed by atoms with E-state index in [-0.39, 0.29) is 5.91 Å². The van der Waals surface area contributed by atoms with Crippen molar-refractivity contribution in [2.24, 2.45) is 0 Å². The standard InChI is InChI=1S/C16H26N2O3/c1-20-12-5-10-18(11-13-21-2)16(19)9-8-14-6-3-4-7-15(14)17/h3-4,6-7H,5,8-13,17H2,1-2H3. The van der Waals surface area contributed by atoms with E-state index in [0.717, 1.165) is 17.7 Å². The maximum atomic E-state index is 12.3. The second-order valence-corrected chi connectivity index (χ2v) is 4.92. The highest BCUT2D eigenvalue weighted by atomic mass is 16.5. The van der Waals surface area contributed by atoms with Gasteiger partial charge in [-0.15, -0.1) is 0 Å². The first kappa shape index (κ1) is 17.5. The van der Waals surface area contributed by atoms with E-state index in [1.54, 1.807) is 14.2 Å². The van der Waals surface area contributed by atoms with Crippen LogP contribution in [-0.4, -0.2) is 51.3 Å². The summed E-state index contributed by atoms with van der Waals surface area (Å²) in [7, 11) is 3.31. The monoisotopic (exact) mass is 294 g/mol.